The van der Waals surface area contributed by atoms with Crippen LogP contribution in [0.15, 0.2) is 24.3 Å². The Balaban J connectivity index is 1.63. The fraction of sp³-hybridized carbons (Fsp3) is 0.619. The molecule has 3 rings (SSSR count). The van der Waals surface area contributed by atoms with Gasteiger partial charge < -0.3 is 15.2 Å². The molecule has 1 saturated heterocycles. The molecule has 3 unspecified atom stereocenters. The van der Waals surface area contributed by atoms with Crippen molar-refractivity contribution in [1.82, 2.24) is 10.2 Å². The first-order chi connectivity index (χ1) is 12.9. The van der Waals surface area contributed by atoms with E-state index < -0.39 is 17.7 Å². The number of rotatable bonds is 6. The molecule has 6 heteroatoms. The number of hydrogen-bond donors (Lipinski definition) is 2. The van der Waals surface area contributed by atoms with Crippen molar-refractivity contribution in [3.8, 4) is 5.75 Å². The van der Waals surface area contributed by atoms with Crippen LogP contribution in [0.4, 0.5) is 4.79 Å². The highest BCUT2D eigenvalue weighted by molar-refractivity contribution is 6.07. The molecule has 27 heavy (non-hydrogen) atoms. The number of aryl methyl sites for hydroxylation is 1. The largest absolute Gasteiger partial charge is 0.491 e. The molecular weight excluding hydrogens is 344 g/mol. The van der Waals surface area contributed by atoms with Gasteiger partial charge in [-0.2, -0.15) is 0 Å². The lowest BCUT2D eigenvalue weighted by molar-refractivity contribution is -0.137. The van der Waals surface area contributed by atoms with Crippen LogP contribution in [0.1, 0.15) is 45.6 Å². The van der Waals surface area contributed by atoms with Gasteiger partial charge in [-0.3, -0.25) is 9.69 Å². The number of carbonyl (C=O) groups is 2. The Labute approximate surface area is 160 Å². The predicted octanol–water partition coefficient (Wildman–Crippen LogP) is 2.74. The van der Waals surface area contributed by atoms with Gasteiger partial charge in [0.25, 0.3) is 5.91 Å². The molecule has 1 aliphatic carbocycles. The number of ether oxygens (including phenoxy) is 1. The second-order valence-electron chi connectivity index (χ2n) is 7.91. The number of hydrogen-bond acceptors (Lipinski definition) is 4. The quantitative estimate of drug-likeness (QED) is 0.751. The zero-order valence-electron chi connectivity index (χ0n) is 16.4. The van der Waals surface area contributed by atoms with E-state index in [1.807, 2.05) is 38.1 Å². The zero-order chi connectivity index (χ0) is 19.6. The molecule has 3 amide bonds. The first kappa shape index (κ1) is 19.7. The number of aliphatic hydroxyl groups is 1. The molecule has 2 fully saturated rings. The molecule has 2 N–H and O–H groups in total. The molecule has 1 saturated carbocycles. The second kappa shape index (κ2) is 7.89. The van der Waals surface area contributed by atoms with Gasteiger partial charge in [0.15, 0.2) is 0 Å². The molecular formula is C21H30N2O4. The van der Waals surface area contributed by atoms with Crippen LogP contribution in [0.2, 0.25) is 0 Å². The van der Waals surface area contributed by atoms with Gasteiger partial charge in [0.05, 0.1) is 6.54 Å². The van der Waals surface area contributed by atoms with Crippen LogP contribution in [0.25, 0.3) is 0 Å². The van der Waals surface area contributed by atoms with Crippen LogP contribution in [0, 0.1) is 11.8 Å². The van der Waals surface area contributed by atoms with Gasteiger partial charge in [0, 0.05) is 0 Å². The Morgan fingerprint density at radius 2 is 2.00 bits per heavy atom. The Morgan fingerprint density at radius 1 is 1.30 bits per heavy atom. The fourth-order valence-corrected chi connectivity index (χ4v) is 4.43. The van der Waals surface area contributed by atoms with Crippen LogP contribution < -0.4 is 10.1 Å². The number of amides is 3. The lowest BCUT2D eigenvalue weighted by Crippen LogP contribution is -2.59. The first-order valence-electron chi connectivity index (χ1n) is 9.92. The summed E-state index contributed by atoms with van der Waals surface area (Å²) < 4.78 is 5.65. The lowest BCUT2D eigenvalue weighted by Gasteiger charge is -2.42. The number of aliphatic hydroxyl groups excluding tert-OH is 1. The highest BCUT2D eigenvalue weighted by Gasteiger charge is 2.58. The third kappa shape index (κ3) is 3.68. The summed E-state index contributed by atoms with van der Waals surface area (Å²) in [4.78, 5) is 26.7. The molecule has 1 heterocycles. The van der Waals surface area contributed by atoms with Gasteiger partial charge >= 0.3 is 6.03 Å². The SMILES string of the molecule is CCc1cccc(OCC(O)CN2C(=O)NC3(C2=O)C(C)CCCC3C)c1. The minimum Gasteiger partial charge on any atom is -0.491 e. The Kier molecular flexibility index (Phi) is 5.75. The van der Waals surface area contributed by atoms with Crippen molar-refractivity contribution in [2.24, 2.45) is 11.8 Å². The van der Waals surface area contributed by atoms with Crippen molar-refractivity contribution in [2.75, 3.05) is 13.2 Å². The van der Waals surface area contributed by atoms with Crippen molar-refractivity contribution in [3.05, 3.63) is 29.8 Å². The molecule has 1 aromatic rings. The molecule has 0 radical (unpaired) electrons. The molecule has 6 nitrogen and oxygen atoms in total. The van der Waals surface area contributed by atoms with E-state index in [4.69, 9.17) is 4.74 Å². The monoisotopic (exact) mass is 374 g/mol. The normalized spacial score (nSPS) is 29.1. The zero-order valence-corrected chi connectivity index (χ0v) is 16.4. The molecule has 0 aromatic heterocycles. The minimum absolute atomic E-state index is 0.0301. The average molecular weight is 374 g/mol. The summed E-state index contributed by atoms with van der Waals surface area (Å²) in [6.07, 6.45) is 2.88. The average Bonchev–Trinajstić information content (AvgIpc) is 2.90. The summed E-state index contributed by atoms with van der Waals surface area (Å²) in [5.74, 6) is 0.650. The molecule has 148 valence electrons. The number of carbonyl (C=O) groups excluding carboxylic acids is 2. The van der Waals surface area contributed by atoms with E-state index in [9.17, 15) is 14.7 Å². The van der Waals surface area contributed by atoms with E-state index in [1.54, 1.807) is 0 Å². The van der Waals surface area contributed by atoms with E-state index in [2.05, 4.69) is 12.2 Å². The van der Waals surface area contributed by atoms with Crippen molar-refractivity contribution >= 4 is 11.9 Å². The minimum atomic E-state index is -0.936. The van der Waals surface area contributed by atoms with Crippen LogP contribution in [0.5, 0.6) is 5.75 Å². The number of nitrogens with one attached hydrogen (secondary N) is 1. The highest BCUT2D eigenvalue weighted by atomic mass is 16.5. The number of nitrogens with zero attached hydrogens (tertiary/aromatic N) is 1. The molecule has 0 bridgehead atoms. The summed E-state index contributed by atoms with van der Waals surface area (Å²) in [5.41, 5.74) is 0.323. The van der Waals surface area contributed by atoms with E-state index in [0.717, 1.165) is 36.1 Å². The van der Waals surface area contributed by atoms with Crippen molar-refractivity contribution in [2.45, 2.75) is 58.1 Å². The maximum absolute atomic E-state index is 13.1. The second-order valence-corrected chi connectivity index (χ2v) is 7.91. The fourth-order valence-electron chi connectivity index (χ4n) is 4.43. The van der Waals surface area contributed by atoms with Gasteiger partial charge in [-0.25, -0.2) is 4.79 Å². The maximum atomic E-state index is 13.1. The summed E-state index contributed by atoms with van der Waals surface area (Å²) in [6.45, 7) is 6.09. The van der Waals surface area contributed by atoms with E-state index in [0.29, 0.717) is 5.75 Å². The third-order valence-corrected chi connectivity index (χ3v) is 6.13. The van der Waals surface area contributed by atoms with Crippen molar-refractivity contribution < 1.29 is 19.4 Å². The predicted molar refractivity (Wildman–Crippen MR) is 102 cm³/mol. The van der Waals surface area contributed by atoms with Crippen molar-refractivity contribution in [3.63, 3.8) is 0 Å². The van der Waals surface area contributed by atoms with Crippen molar-refractivity contribution in [1.29, 1.82) is 0 Å². The molecule has 3 atom stereocenters. The molecule has 2 aliphatic rings. The topological polar surface area (TPSA) is 78.9 Å². The highest BCUT2D eigenvalue weighted by Crippen LogP contribution is 2.42. The van der Waals surface area contributed by atoms with Gasteiger partial charge in [0.2, 0.25) is 0 Å². The summed E-state index contributed by atoms with van der Waals surface area (Å²) in [5, 5.41) is 13.3. The summed E-state index contributed by atoms with van der Waals surface area (Å²) in [7, 11) is 0. The van der Waals surface area contributed by atoms with Gasteiger partial charge in [0.1, 0.15) is 24.0 Å². The molecule has 1 spiro atoms. The van der Waals surface area contributed by atoms with E-state index in [1.165, 1.54) is 0 Å². The van der Waals surface area contributed by atoms with Crippen LogP contribution in [0.3, 0.4) is 0 Å². The number of urea groups is 1. The third-order valence-electron chi connectivity index (χ3n) is 6.13. The number of β-amino-alcohol motifs (C(OH)–C–C–N with tert-alkyl or cyclic N) is 1. The van der Waals surface area contributed by atoms with Gasteiger partial charge in [-0.1, -0.05) is 39.3 Å². The van der Waals surface area contributed by atoms with Crippen LogP contribution >= 0.6 is 0 Å². The summed E-state index contributed by atoms with van der Waals surface area (Å²) in [6, 6.07) is 7.28. The number of benzene rings is 1. The standard InChI is InChI=1S/C21H30N2O4/c1-4-16-9-6-10-18(11-16)27-13-17(24)12-23-19(25)21(22-20(23)26)14(2)7-5-8-15(21)3/h6,9-11,14-15,17,24H,4-5,7-8,12-13H2,1-3H3,(H,22,26). The molecule has 1 aromatic carbocycles. The lowest BCUT2D eigenvalue weighted by atomic mass is 9.67. The maximum Gasteiger partial charge on any atom is 0.325 e. The molecule has 1 aliphatic heterocycles. The Hall–Kier alpha value is -2.08. The smallest absolute Gasteiger partial charge is 0.325 e. The number of imide groups is 1. The first-order valence-corrected chi connectivity index (χ1v) is 9.92. The van der Waals surface area contributed by atoms with E-state index in [-0.39, 0.29) is 30.9 Å². The Morgan fingerprint density at radius 3 is 2.67 bits per heavy atom. The van der Waals surface area contributed by atoms with Crippen LogP contribution in [-0.2, 0) is 11.2 Å². The van der Waals surface area contributed by atoms with Crippen LogP contribution in [-0.4, -0.2) is 46.7 Å². The van der Waals surface area contributed by atoms with Gasteiger partial charge in [-0.05, 0) is 48.8 Å². The van der Waals surface area contributed by atoms with E-state index >= 15 is 0 Å². The summed E-state index contributed by atoms with van der Waals surface area (Å²) >= 11 is 0. The van der Waals surface area contributed by atoms with Gasteiger partial charge in [-0.15, -0.1) is 0 Å². The Bertz CT molecular complexity index is 695.